The minimum absolute atomic E-state index is 0.642. The van der Waals surface area contributed by atoms with E-state index in [1.807, 2.05) is 12.1 Å². The van der Waals surface area contributed by atoms with Crippen molar-refractivity contribution in [2.75, 3.05) is 0 Å². The van der Waals surface area contributed by atoms with Crippen LogP contribution in [0.25, 0.3) is 0 Å². The van der Waals surface area contributed by atoms with Gasteiger partial charge in [0.05, 0.1) is 0 Å². The molecule has 5 heteroatoms. The first kappa shape index (κ1) is 8.25. The zero-order chi connectivity index (χ0) is 9.10. The van der Waals surface area contributed by atoms with E-state index in [0.29, 0.717) is 5.16 Å². The van der Waals surface area contributed by atoms with Gasteiger partial charge >= 0.3 is 0 Å². The Labute approximate surface area is 79.8 Å². The number of H-pyrrole nitrogens is 1. The number of hydrogen-bond donors (Lipinski definition) is 1. The van der Waals surface area contributed by atoms with Crippen molar-refractivity contribution >= 4 is 11.8 Å². The monoisotopic (exact) mass is 192 g/mol. The molecule has 0 unspecified atom stereocenters. The highest BCUT2D eigenvalue weighted by atomic mass is 32.2. The highest BCUT2D eigenvalue weighted by Gasteiger charge is 2.00. The summed E-state index contributed by atoms with van der Waals surface area (Å²) in [6.45, 7) is 2.06. The number of aromatic amines is 1. The second-order valence-corrected chi connectivity index (χ2v) is 3.65. The predicted octanol–water partition coefficient (Wildman–Crippen LogP) is 1.66. The van der Waals surface area contributed by atoms with Crippen molar-refractivity contribution in [3.8, 4) is 0 Å². The first-order chi connectivity index (χ1) is 6.34. The molecule has 0 atom stereocenters. The topological polar surface area (TPSA) is 54.5 Å². The molecule has 0 fully saturated rings. The molecule has 1 aromatic heterocycles. The van der Waals surface area contributed by atoms with Crippen LogP contribution in [-0.4, -0.2) is 20.6 Å². The summed E-state index contributed by atoms with van der Waals surface area (Å²) >= 11 is 1.49. The van der Waals surface area contributed by atoms with Gasteiger partial charge in [-0.2, -0.15) is 5.21 Å². The van der Waals surface area contributed by atoms with Gasteiger partial charge in [0.1, 0.15) is 0 Å². The molecule has 2 aromatic rings. The van der Waals surface area contributed by atoms with Crippen LogP contribution in [-0.2, 0) is 0 Å². The SMILES string of the molecule is Cc1ccc(Sc2nn[nH]n2)cc1. The highest BCUT2D eigenvalue weighted by Crippen LogP contribution is 2.23. The van der Waals surface area contributed by atoms with Crippen LogP contribution in [0.5, 0.6) is 0 Å². The number of tetrazole rings is 1. The summed E-state index contributed by atoms with van der Waals surface area (Å²) in [6, 6.07) is 8.19. The lowest BCUT2D eigenvalue weighted by molar-refractivity contribution is 0.881. The lowest BCUT2D eigenvalue weighted by Crippen LogP contribution is -1.77. The fourth-order valence-electron chi connectivity index (χ4n) is 0.908. The maximum Gasteiger partial charge on any atom is 0.235 e. The quantitative estimate of drug-likeness (QED) is 0.786. The zero-order valence-electron chi connectivity index (χ0n) is 7.06. The Kier molecular flexibility index (Phi) is 2.27. The molecule has 13 heavy (non-hydrogen) atoms. The minimum Gasteiger partial charge on any atom is -0.176 e. The molecular formula is C8H8N4S. The lowest BCUT2D eigenvalue weighted by Gasteiger charge is -1.95. The van der Waals surface area contributed by atoms with Crippen LogP contribution in [0.15, 0.2) is 34.3 Å². The largest absolute Gasteiger partial charge is 0.235 e. The van der Waals surface area contributed by atoms with E-state index in [9.17, 15) is 0 Å². The van der Waals surface area contributed by atoms with E-state index in [1.165, 1.54) is 17.3 Å². The van der Waals surface area contributed by atoms with Gasteiger partial charge in [0.25, 0.3) is 0 Å². The Morgan fingerprint density at radius 1 is 1.23 bits per heavy atom. The van der Waals surface area contributed by atoms with Crippen LogP contribution in [0.3, 0.4) is 0 Å². The van der Waals surface area contributed by atoms with E-state index in [0.717, 1.165) is 4.90 Å². The third kappa shape index (κ3) is 2.06. The average molecular weight is 192 g/mol. The molecule has 0 radical (unpaired) electrons. The van der Waals surface area contributed by atoms with Gasteiger partial charge in [0.15, 0.2) is 0 Å². The van der Waals surface area contributed by atoms with Gasteiger partial charge in [-0.15, -0.1) is 10.2 Å². The summed E-state index contributed by atoms with van der Waals surface area (Å²) in [7, 11) is 0. The summed E-state index contributed by atoms with van der Waals surface area (Å²) in [4.78, 5) is 1.12. The van der Waals surface area contributed by atoms with Crippen molar-refractivity contribution in [1.29, 1.82) is 0 Å². The van der Waals surface area contributed by atoms with Gasteiger partial charge in [0, 0.05) is 4.90 Å². The lowest BCUT2D eigenvalue weighted by atomic mass is 10.2. The van der Waals surface area contributed by atoms with Gasteiger partial charge in [-0.25, -0.2) is 0 Å². The van der Waals surface area contributed by atoms with E-state index in [1.54, 1.807) is 0 Å². The highest BCUT2D eigenvalue weighted by molar-refractivity contribution is 7.99. The Hall–Kier alpha value is -1.36. The summed E-state index contributed by atoms with van der Waals surface area (Å²) in [6.07, 6.45) is 0. The molecule has 0 saturated heterocycles. The summed E-state index contributed by atoms with van der Waals surface area (Å²) in [5.74, 6) is 0. The van der Waals surface area contributed by atoms with Crippen LogP contribution in [0, 0.1) is 6.92 Å². The Morgan fingerprint density at radius 2 is 2.00 bits per heavy atom. The van der Waals surface area contributed by atoms with Crippen molar-refractivity contribution in [3.05, 3.63) is 29.8 Å². The molecule has 66 valence electrons. The summed E-state index contributed by atoms with van der Waals surface area (Å²) < 4.78 is 0. The molecule has 1 N–H and O–H groups in total. The number of hydrogen-bond acceptors (Lipinski definition) is 4. The molecule has 0 aliphatic rings. The third-order valence-corrected chi connectivity index (χ3v) is 2.42. The molecule has 0 spiro atoms. The first-order valence-corrected chi connectivity index (χ1v) is 4.64. The van der Waals surface area contributed by atoms with Crippen molar-refractivity contribution in [2.24, 2.45) is 0 Å². The van der Waals surface area contributed by atoms with E-state index in [4.69, 9.17) is 0 Å². The molecular weight excluding hydrogens is 184 g/mol. The fraction of sp³-hybridized carbons (Fsp3) is 0.125. The molecule has 0 aliphatic heterocycles. The maximum absolute atomic E-state index is 3.85. The average Bonchev–Trinajstić information content (AvgIpc) is 2.62. The van der Waals surface area contributed by atoms with Crippen LogP contribution in [0.2, 0.25) is 0 Å². The summed E-state index contributed by atoms with van der Waals surface area (Å²) in [5.41, 5.74) is 1.25. The molecule has 4 nitrogen and oxygen atoms in total. The van der Waals surface area contributed by atoms with E-state index < -0.39 is 0 Å². The van der Waals surface area contributed by atoms with E-state index in [2.05, 4.69) is 39.7 Å². The maximum atomic E-state index is 3.85. The fourth-order valence-corrected chi connectivity index (χ4v) is 1.56. The van der Waals surface area contributed by atoms with Crippen molar-refractivity contribution in [3.63, 3.8) is 0 Å². The van der Waals surface area contributed by atoms with Gasteiger partial charge in [0.2, 0.25) is 5.16 Å². The zero-order valence-corrected chi connectivity index (χ0v) is 7.88. The molecule has 0 aliphatic carbocycles. The number of aryl methyl sites for hydroxylation is 1. The Bertz CT molecular complexity index is 368. The van der Waals surface area contributed by atoms with E-state index in [-0.39, 0.29) is 0 Å². The normalized spacial score (nSPS) is 10.2. The molecule has 2 rings (SSSR count). The molecule has 0 amide bonds. The standard InChI is InChI=1S/C8H8N4S/c1-6-2-4-7(5-3-6)13-8-9-11-12-10-8/h2-5H,1H3,(H,9,10,11,12). The number of rotatable bonds is 2. The third-order valence-electron chi connectivity index (χ3n) is 1.56. The second kappa shape index (κ2) is 3.57. The van der Waals surface area contributed by atoms with Gasteiger partial charge in [-0.3, -0.25) is 0 Å². The van der Waals surface area contributed by atoms with Gasteiger partial charge < -0.3 is 0 Å². The van der Waals surface area contributed by atoms with Crippen LogP contribution in [0.4, 0.5) is 0 Å². The van der Waals surface area contributed by atoms with Crippen molar-refractivity contribution < 1.29 is 0 Å². The number of benzene rings is 1. The van der Waals surface area contributed by atoms with Crippen molar-refractivity contribution in [2.45, 2.75) is 17.0 Å². The number of nitrogens with zero attached hydrogens (tertiary/aromatic N) is 3. The van der Waals surface area contributed by atoms with Crippen LogP contribution >= 0.6 is 11.8 Å². The second-order valence-electron chi connectivity index (χ2n) is 2.61. The number of aromatic nitrogens is 4. The number of nitrogens with one attached hydrogen (secondary N) is 1. The van der Waals surface area contributed by atoms with Crippen molar-refractivity contribution in [1.82, 2.24) is 20.6 Å². The van der Waals surface area contributed by atoms with Crippen LogP contribution in [0.1, 0.15) is 5.56 Å². The predicted molar refractivity (Wildman–Crippen MR) is 49.5 cm³/mol. The molecule has 0 bridgehead atoms. The van der Waals surface area contributed by atoms with Crippen LogP contribution < -0.4 is 0 Å². The summed E-state index contributed by atoms with van der Waals surface area (Å²) in [5, 5.41) is 14.2. The molecule has 0 saturated carbocycles. The van der Waals surface area contributed by atoms with Gasteiger partial charge in [-0.1, -0.05) is 17.7 Å². The Balaban J connectivity index is 2.15. The van der Waals surface area contributed by atoms with Gasteiger partial charge in [-0.05, 0) is 36.0 Å². The minimum atomic E-state index is 0.642. The first-order valence-electron chi connectivity index (χ1n) is 3.82. The Morgan fingerprint density at radius 3 is 2.62 bits per heavy atom. The molecule has 1 heterocycles. The molecule has 1 aromatic carbocycles. The van der Waals surface area contributed by atoms with E-state index >= 15 is 0 Å². The smallest absolute Gasteiger partial charge is 0.176 e.